The summed E-state index contributed by atoms with van der Waals surface area (Å²) >= 11 is 6.60. The Morgan fingerprint density at radius 3 is 3.09 bits per heavy atom. The number of carbonyl (C=O) groups excluding carboxylic acids is 1. The Hall–Kier alpha value is -0.610. The van der Waals surface area contributed by atoms with Crippen molar-refractivity contribution in [3.63, 3.8) is 0 Å². The highest BCUT2D eigenvalue weighted by Crippen LogP contribution is 2.14. The highest BCUT2D eigenvalue weighted by Gasteiger charge is 2.03. The lowest BCUT2D eigenvalue weighted by Gasteiger charge is -1.98. The third kappa shape index (κ3) is 2.17. The van der Waals surface area contributed by atoms with E-state index in [1.807, 2.05) is 6.92 Å². The summed E-state index contributed by atoms with van der Waals surface area (Å²) in [7, 11) is 0. The lowest BCUT2D eigenvalue weighted by atomic mass is 10.4. The lowest BCUT2D eigenvalue weighted by Crippen LogP contribution is -2.12. The number of anilines is 1. The molecule has 1 amide bonds. The monoisotopic (exact) mass is 190 g/mol. The van der Waals surface area contributed by atoms with E-state index < -0.39 is 0 Å². The molecule has 0 aromatic carbocycles. The number of hydrogen-bond acceptors (Lipinski definition) is 3. The molecule has 1 aromatic heterocycles. The predicted octanol–water partition coefficient (Wildman–Crippen LogP) is 1.63. The standard InChI is InChI=1S/C6H7ClN2OS/c1-4-5(3-11-9-4)8-6(10)2-7/h3H,2H2,1H3,(H,8,10). The SMILES string of the molecule is Cc1nscc1NC(=O)CCl. The van der Waals surface area contributed by atoms with Gasteiger partial charge >= 0.3 is 0 Å². The Morgan fingerprint density at radius 2 is 2.64 bits per heavy atom. The van der Waals surface area contributed by atoms with Crippen molar-refractivity contribution in [3.05, 3.63) is 11.1 Å². The van der Waals surface area contributed by atoms with E-state index >= 15 is 0 Å². The molecule has 1 N–H and O–H groups in total. The van der Waals surface area contributed by atoms with E-state index in [-0.39, 0.29) is 11.8 Å². The van der Waals surface area contributed by atoms with Gasteiger partial charge in [0.15, 0.2) is 0 Å². The number of nitrogens with zero attached hydrogens (tertiary/aromatic N) is 1. The van der Waals surface area contributed by atoms with Crippen LogP contribution in [0.2, 0.25) is 0 Å². The molecular formula is C6H7ClN2OS. The van der Waals surface area contributed by atoms with E-state index in [1.54, 1.807) is 5.38 Å². The molecule has 3 nitrogen and oxygen atoms in total. The number of carbonyl (C=O) groups is 1. The fourth-order valence-electron chi connectivity index (χ4n) is 0.596. The molecule has 0 unspecified atom stereocenters. The van der Waals surface area contributed by atoms with Crippen molar-refractivity contribution >= 4 is 34.7 Å². The summed E-state index contributed by atoms with van der Waals surface area (Å²) in [6.07, 6.45) is 0. The molecule has 60 valence electrons. The molecule has 0 aliphatic rings. The molecule has 0 aliphatic heterocycles. The molecule has 1 heterocycles. The van der Waals surface area contributed by atoms with E-state index in [1.165, 1.54) is 11.5 Å². The summed E-state index contributed by atoms with van der Waals surface area (Å²) in [5.74, 6) is -0.218. The van der Waals surface area contributed by atoms with Crippen molar-refractivity contribution in [2.75, 3.05) is 11.2 Å². The molecule has 0 spiro atoms. The zero-order valence-electron chi connectivity index (χ0n) is 5.93. The van der Waals surface area contributed by atoms with Crippen LogP contribution in [0.15, 0.2) is 5.38 Å². The van der Waals surface area contributed by atoms with E-state index in [9.17, 15) is 4.79 Å². The quantitative estimate of drug-likeness (QED) is 0.721. The number of aromatic nitrogens is 1. The van der Waals surface area contributed by atoms with Crippen LogP contribution >= 0.6 is 23.1 Å². The fraction of sp³-hybridized carbons (Fsp3) is 0.333. The second-order valence-electron chi connectivity index (χ2n) is 2.00. The molecule has 0 radical (unpaired) electrons. The van der Waals surface area contributed by atoms with Gasteiger partial charge in [-0.05, 0) is 18.5 Å². The average Bonchev–Trinajstić information content (AvgIpc) is 2.37. The van der Waals surface area contributed by atoms with Crippen LogP contribution in [0.5, 0.6) is 0 Å². The maximum absolute atomic E-state index is 10.8. The Labute approximate surface area is 73.5 Å². The van der Waals surface area contributed by atoms with Gasteiger partial charge in [-0.25, -0.2) is 0 Å². The molecule has 11 heavy (non-hydrogen) atoms. The van der Waals surface area contributed by atoms with Crippen LogP contribution in [-0.2, 0) is 4.79 Å². The second kappa shape index (κ2) is 3.69. The van der Waals surface area contributed by atoms with Gasteiger partial charge in [0.25, 0.3) is 0 Å². The largest absolute Gasteiger partial charge is 0.323 e. The van der Waals surface area contributed by atoms with E-state index in [2.05, 4.69) is 9.69 Å². The number of hydrogen-bond donors (Lipinski definition) is 1. The van der Waals surface area contributed by atoms with Crippen molar-refractivity contribution in [2.24, 2.45) is 0 Å². The maximum Gasteiger partial charge on any atom is 0.239 e. The summed E-state index contributed by atoms with van der Waals surface area (Å²) in [6, 6.07) is 0. The predicted molar refractivity (Wildman–Crippen MR) is 46.2 cm³/mol. The van der Waals surface area contributed by atoms with Gasteiger partial charge in [-0.1, -0.05) is 0 Å². The number of halogens is 1. The first-order valence-corrected chi connectivity index (χ1v) is 4.38. The van der Waals surface area contributed by atoms with Gasteiger partial charge < -0.3 is 5.32 Å². The van der Waals surface area contributed by atoms with Gasteiger partial charge in [0, 0.05) is 5.38 Å². The molecule has 0 bridgehead atoms. The molecular weight excluding hydrogens is 184 g/mol. The first-order chi connectivity index (χ1) is 5.24. The molecule has 1 rings (SSSR count). The number of nitrogens with one attached hydrogen (secondary N) is 1. The van der Waals surface area contributed by atoms with E-state index in [0.29, 0.717) is 0 Å². The van der Waals surface area contributed by atoms with Crippen LogP contribution in [0, 0.1) is 6.92 Å². The van der Waals surface area contributed by atoms with Crippen LogP contribution in [-0.4, -0.2) is 16.2 Å². The smallest absolute Gasteiger partial charge is 0.239 e. The number of alkyl halides is 1. The number of rotatable bonds is 2. The molecule has 1 aromatic rings. The van der Waals surface area contributed by atoms with E-state index in [4.69, 9.17) is 11.6 Å². The van der Waals surface area contributed by atoms with Gasteiger partial charge in [-0.2, -0.15) is 4.37 Å². The zero-order chi connectivity index (χ0) is 8.27. The minimum atomic E-state index is -0.199. The summed E-state index contributed by atoms with van der Waals surface area (Å²) in [6.45, 7) is 1.83. The maximum atomic E-state index is 10.8. The number of amides is 1. The summed E-state index contributed by atoms with van der Waals surface area (Å²) in [4.78, 5) is 10.8. The highest BCUT2D eigenvalue weighted by molar-refractivity contribution is 7.04. The van der Waals surface area contributed by atoms with Gasteiger partial charge in [-0.15, -0.1) is 11.6 Å². The van der Waals surface area contributed by atoms with Gasteiger partial charge in [0.05, 0.1) is 11.4 Å². The second-order valence-corrected chi connectivity index (χ2v) is 2.89. The molecule has 0 fully saturated rings. The van der Waals surface area contributed by atoms with Crippen molar-refractivity contribution in [1.29, 1.82) is 0 Å². The average molecular weight is 191 g/mol. The Bertz CT molecular complexity index is 261. The van der Waals surface area contributed by atoms with Gasteiger partial charge in [0.1, 0.15) is 5.88 Å². The van der Waals surface area contributed by atoms with Crippen LogP contribution in [0.3, 0.4) is 0 Å². The summed E-state index contributed by atoms with van der Waals surface area (Å²) in [5, 5.41) is 4.39. The minimum Gasteiger partial charge on any atom is -0.323 e. The lowest BCUT2D eigenvalue weighted by molar-refractivity contribution is -0.113. The van der Waals surface area contributed by atoms with Crippen LogP contribution in [0.25, 0.3) is 0 Å². The molecule has 0 saturated carbocycles. The van der Waals surface area contributed by atoms with Crippen molar-refractivity contribution in [1.82, 2.24) is 4.37 Å². The van der Waals surface area contributed by atoms with Crippen LogP contribution < -0.4 is 5.32 Å². The third-order valence-electron chi connectivity index (χ3n) is 1.15. The number of aryl methyl sites for hydroxylation is 1. The third-order valence-corrected chi connectivity index (χ3v) is 2.11. The van der Waals surface area contributed by atoms with Gasteiger partial charge in [-0.3, -0.25) is 4.79 Å². The first kappa shape index (κ1) is 8.49. The Kier molecular flexibility index (Phi) is 2.84. The van der Waals surface area contributed by atoms with Crippen molar-refractivity contribution in [3.8, 4) is 0 Å². The summed E-state index contributed by atoms with van der Waals surface area (Å²) < 4.78 is 3.99. The Balaban J connectivity index is 2.64. The molecule has 0 atom stereocenters. The van der Waals surface area contributed by atoms with Crippen molar-refractivity contribution < 1.29 is 4.79 Å². The van der Waals surface area contributed by atoms with Crippen LogP contribution in [0.1, 0.15) is 5.69 Å². The van der Waals surface area contributed by atoms with Gasteiger partial charge in [0.2, 0.25) is 5.91 Å². The molecule has 5 heteroatoms. The normalized spacial score (nSPS) is 9.64. The fourth-order valence-corrected chi connectivity index (χ4v) is 1.31. The van der Waals surface area contributed by atoms with E-state index in [0.717, 1.165) is 11.4 Å². The Morgan fingerprint density at radius 1 is 1.91 bits per heavy atom. The molecule has 0 aliphatic carbocycles. The first-order valence-electron chi connectivity index (χ1n) is 3.01. The minimum absolute atomic E-state index is 0.0186. The highest BCUT2D eigenvalue weighted by atomic mass is 35.5. The molecule has 0 saturated heterocycles. The zero-order valence-corrected chi connectivity index (χ0v) is 7.50. The van der Waals surface area contributed by atoms with Crippen molar-refractivity contribution in [2.45, 2.75) is 6.92 Å². The topological polar surface area (TPSA) is 42.0 Å². The van der Waals surface area contributed by atoms with Crippen LogP contribution in [0.4, 0.5) is 5.69 Å². The summed E-state index contributed by atoms with van der Waals surface area (Å²) in [5.41, 5.74) is 1.58.